The zero-order valence-corrected chi connectivity index (χ0v) is 17.4. The van der Waals surface area contributed by atoms with Crippen LogP contribution >= 0.6 is 11.3 Å². The maximum absolute atomic E-state index is 12.7. The van der Waals surface area contributed by atoms with Crippen LogP contribution in [0.5, 0.6) is 5.88 Å². The van der Waals surface area contributed by atoms with Crippen molar-refractivity contribution in [3.63, 3.8) is 0 Å². The predicted molar refractivity (Wildman–Crippen MR) is 116 cm³/mol. The molecule has 0 aliphatic rings. The van der Waals surface area contributed by atoms with Gasteiger partial charge in [-0.05, 0) is 35.7 Å². The summed E-state index contributed by atoms with van der Waals surface area (Å²) in [5.41, 5.74) is 0.170. The maximum atomic E-state index is 12.7. The van der Waals surface area contributed by atoms with Crippen molar-refractivity contribution >= 4 is 49.3 Å². The van der Waals surface area contributed by atoms with Crippen molar-refractivity contribution in [2.45, 2.75) is 11.4 Å². The second-order valence-electron chi connectivity index (χ2n) is 6.38. The normalized spacial score (nSPS) is 12.0. The molecule has 0 saturated carbocycles. The number of benzene rings is 2. The Morgan fingerprint density at radius 1 is 1.13 bits per heavy atom. The lowest BCUT2D eigenvalue weighted by atomic mass is 10.2. The number of aromatic amines is 1. The van der Waals surface area contributed by atoms with E-state index in [9.17, 15) is 23.6 Å². The molecule has 10 nitrogen and oxygen atoms in total. The molecule has 12 heteroatoms. The van der Waals surface area contributed by atoms with E-state index in [4.69, 9.17) is 0 Å². The Bertz CT molecular complexity index is 1390. The van der Waals surface area contributed by atoms with Crippen LogP contribution in [0.3, 0.4) is 0 Å². The van der Waals surface area contributed by atoms with Crippen molar-refractivity contribution in [2.24, 2.45) is 10.2 Å². The molecule has 0 unspecified atom stereocenters. The van der Waals surface area contributed by atoms with Crippen molar-refractivity contribution in [3.8, 4) is 5.88 Å². The molecule has 0 fully saturated rings. The summed E-state index contributed by atoms with van der Waals surface area (Å²) >= 11 is 1.43. The number of fused-ring (bicyclic) bond motifs is 1. The van der Waals surface area contributed by atoms with Gasteiger partial charge < -0.3 is 10.1 Å². The van der Waals surface area contributed by atoms with Crippen LogP contribution in [0.1, 0.15) is 4.88 Å². The second kappa shape index (κ2) is 8.26. The summed E-state index contributed by atoms with van der Waals surface area (Å²) in [6.07, 6.45) is 0. The fourth-order valence-electron chi connectivity index (χ4n) is 2.88. The van der Waals surface area contributed by atoms with Gasteiger partial charge in [-0.3, -0.25) is 10.1 Å². The third-order valence-corrected chi connectivity index (χ3v) is 6.66. The quantitative estimate of drug-likeness (QED) is 0.208. The summed E-state index contributed by atoms with van der Waals surface area (Å²) in [5, 5.41) is 31.3. The van der Waals surface area contributed by atoms with E-state index in [0.29, 0.717) is 10.9 Å². The van der Waals surface area contributed by atoms with E-state index in [1.165, 1.54) is 47.7 Å². The number of nitro benzene ring substituents is 1. The molecule has 4 rings (SSSR count). The van der Waals surface area contributed by atoms with E-state index in [1.807, 2.05) is 17.5 Å². The highest BCUT2D eigenvalue weighted by Crippen LogP contribution is 2.38. The first-order valence-electron chi connectivity index (χ1n) is 8.87. The van der Waals surface area contributed by atoms with Gasteiger partial charge in [-0.15, -0.1) is 21.6 Å². The van der Waals surface area contributed by atoms with E-state index in [2.05, 4.69) is 19.9 Å². The summed E-state index contributed by atoms with van der Waals surface area (Å²) in [6, 6.07) is 13.7. The number of hydrogen-bond donors (Lipinski definition) is 3. The first-order valence-corrected chi connectivity index (χ1v) is 11.2. The molecule has 2 aromatic heterocycles. The smallest absolute Gasteiger partial charge is 0.296 e. The molecule has 31 heavy (non-hydrogen) atoms. The number of aromatic hydroxyl groups is 1. The van der Waals surface area contributed by atoms with Gasteiger partial charge in [0.2, 0.25) is 15.9 Å². The van der Waals surface area contributed by atoms with Gasteiger partial charge in [0.25, 0.3) is 5.69 Å². The third-order valence-electron chi connectivity index (χ3n) is 4.39. The minimum atomic E-state index is -3.82. The number of nitrogens with zero attached hydrogens (tertiary/aromatic N) is 3. The summed E-state index contributed by atoms with van der Waals surface area (Å²) in [5.74, 6) is -0.335. The first-order chi connectivity index (χ1) is 14.8. The number of nitrogens with one attached hydrogen (secondary N) is 2. The number of para-hydroxylation sites is 1. The number of aromatic nitrogens is 1. The summed E-state index contributed by atoms with van der Waals surface area (Å²) in [7, 11) is -3.82. The van der Waals surface area contributed by atoms with Crippen molar-refractivity contribution in [3.05, 3.63) is 75.0 Å². The van der Waals surface area contributed by atoms with Gasteiger partial charge in [-0.2, -0.15) is 0 Å². The second-order valence-corrected chi connectivity index (χ2v) is 9.18. The van der Waals surface area contributed by atoms with E-state index < -0.39 is 14.9 Å². The van der Waals surface area contributed by atoms with Gasteiger partial charge in [0.05, 0.1) is 15.3 Å². The van der Waals surface area contributed by atoms with Crippen LogP contribution in [0, 0.1) is 10.1 Å². The zero-order chi connectivity index (χ0) is 22.0. The molecule has 0 amide bonds. The highest BCUT2D eigenvalue weighted by molar-refractivity contribution is 7.89. The molecule has 0 bridgehead atoms. The number of nitro groups is 1. The van der Waals surface area contributed by atoms with Crippen LogP contribution in [0.25, 0.3) is 10.9 Å². The third kappa shape index (κ3) is 4.30. The van der Waals surface area contributed by atoms with Crippen LogP contribution in [-0.2, 0) is 16.6 Å². The molecule has 0 saturated heterocycles. The maximum Gasteiger partial charge on any atom is 0.296 e. The number of hydrogen-bond acceptors (Lipinski definition) is 8. The highest BCUT2D eigenvalue weighted by Gasteiger charge is 2.19. The average molecular weight is 457 g/mol. The Morgan fingerprint density at radius 2 is 1.94 bits per heavy atom. The van der Waals surface area contributed by atoms with Gasteiger partial charge >= 0.3 is 0 Å². The lowest BCUT2D eigenvalue weighted by molar-refractivity contribution is -0.384. The average Bonchev–Trinajstić information content (AvgIpc) is 3.37. The number of sulfonamides is 1. The standard InChI is InChI=1S/C19H15N5O5S2/c25-19-18(23-22-16-5-1-2-6-17(16)24(26)27)14-10-13(7-8-15(14)21-19)31(28,29)20-11-12-4-3-9-30-12/h1-10,20-21,25H,11H2. The van der Waals surface area contributed by atoms with Crippen molar-refractivity contribution in [1.82, 2.24) is 9.71 Å². The van der Waals surface area contributed by atoms with Crippen molar-refractivity contribution < 1.29 is 18.4 Å². The largest absolute Gasteiger partial charge is 0.493 e. The molecule has 158 valence electrons. The van der Waals surface area contributed by atoms with Crippen LogP contribution in [0.15, 0.2) is 75.1 Å². The fraction of sp³-hybridized carbons (Fsp3) is 0.0526. The number of thiophene rings is 1. The van der Waals surface area contributed by atoms with Crippen molar-refractivity contribution in [1.29, 1.82) is 0 Å². The van der Waals surface area contributed by atoms with E-state index >= 15 is 0 Å². The lowest BCUT2D eigenvalue weighted by Crippen LogP contribution is -2.22. The van der Waals surface area contributed by atoms with E-state index in [1.54, 1.807) is 6.07 Å². The summed E-state index contributed by atoms with van der Waals surface area (Å²) in [6.45, 7) is 0.153. The minimum Gasteiger partial charge on any atom is -0.493 e. The van der Waals surface area contributed by atoms with E-state index in [-0.39, 0.29) is 34.4 Å². The fourth-order valence-corrected chi connectivity index (χ4v) is 4.65. The van der Waals surface area contributed by atoms with E-state index in [0.717, 1.165) is 4.88 Å². The van der Waals surface area contributed by atoms with Crippen molar-refractivity contribution in [2.75, 3.05) is 0 Å². The molecule has 3 N–H and O–H groups in total. The molecular weight excluding hydrogens is 442 g/mol. The predicted octanol–water partition coefficient (Wildman–Crippen LogP) is 4.74. The van der Waals surface area contributed by atoms with Gasteiger partial charge in [-0.25, -0.2) is 13.1 Å². The molecule has 2 heterocycles. The van der Waals surface area contributed by atoms with Gasteiger partial charge in [-0.1, -0.05) is 18.2 Å². The topological polar surface area (TPSA) is 150 Å². The molecule has 0 radical (unpaired) electrons. The number of azo groups is 1. The molecule has 0 aliphatic carbocycles. The molecule has 0 aliphatic heterocycles. The van der Waals surface area contributed by atoms with Gasteiger partial charge in [0.15, 0.2) is 11.4 Å². The molecule has 4 aromatic rings. The molecular formula is C19H15N5O5S2. The Morgan fingerprint density at radius 3 is 2.68 bits per heavy atom. The Labute approximate surface area is 180 Å². The highest BCUT2D eigenvalue weighted by atomic mass is 32.2. The molecule has 0 spiro atoms. The van der Waals surface area contributed by atoms with Crippen LogP contribution < -0.4 is 4.72 Å². The number of rotatable bonds is 7. The van der Waals surface area contributed by atoms with Crippen LogP contribution in [0.2, 0.25) is 0 Å². The SMILES string of the molecule is O=[N+]([O-])c1ccccc1N=Nc1c(O)[nH]c2ccc(S(=O)(=O)NCc3cccs3)cc12. The van der Waals surface area contributed by atoms with Gasteiger partial charge in [0.1, 0.15) is 0 Å². The van der Waals surface area contributed by atoms with Crippen LogP contribution in [-0.4, -0.2) is 23.4 Å². The molecule has 0 atom stereocenters. The Balaban J connectivity index is 1.69. The molecule has 2 aromatic carbocycles. The lowest BCUT2D eigenvalue weighted by Gasteiger charge is -2.06. The van der Waals surface area contributed by atoms with Crippen LogP contribution in [0.4, 0.5) is 17.1 Å². The minimum absolute atomic E-state index is 0.00245. The number of H-pyrrole nitrogens is 1. The summed E-state index contributed by atoms with van der Waals surface area (Å²) < 4.78 is 27.9. The Kier molecular flexibility index (Phi) is 5.50. The zero-order valence-electron chi connectivity index (χ0n) is 15.7. The summed E-state index contributed by atoms with van der Waals surface area (Å²) in [4.78, 5) is 14.1. The first kappa shape index (κ1) is 20.7. The Hall–Kier alpha value is -3.61. The van der Waals surface area contributed by atoms with Gasteiger partial charge in [0, 0.05) is 22.9 Å². The monoisotopic (exact) mass is 457 g/mol.